The van der Waals surface area contributed by atoms with Gasteiger partial charge in [0.25, 0.3) is 0 Å². The maximum atomic E-state index is 15.0. The van der Waals surface area contributed by atoms with Crippen molar-refractivity contribution < 1.29 is 13.5 Å². The number of hydrogen-bond donors (Lipinski definition) is 1. The van der Waals surface area contributed by atoms with Gasteiger partial charge in [-0.15, -0.1) is 0 Å². The SMILES string of the molecule is COc1cc(CN2CCC(F)C2)cc(F)c1-n1cnc(Nc2cnc(C#N)cn2)c1. The molecule has 0 bridgehead atoms. The fraction of sp³-hybridized carbons (Fsp3) is 0.300. The Balaban J connectivity index is 1.55. The van der Waals surface area contributed by atoms with Crippen LogP contribution in [0, 0.1) is 17.1 Å². The Hall–Kier alpha value is -3.58. The Kier molecular flexibility index (Phi) is 5.54. The summed E-state index contributed by atoms with van der Waals surface area (Å²) in [5.41, 5.74) is 1.14. The molecule has 10 heteroatoms. The van der Waals surface area contributed by atoms with E-state index in [0.29, 0.717) is 49.0 Å². The van der Waals surface area contributed by atoms with Crippen molar-refractivity contribution in [3.8, 4) is 17.5 Å². The van der Waals surface area contributed by atoms with Crippen LogP contribution in [0.15, 0.2) is 37.1 Å². The third-order valence-electron chi connectivity index (χ3n) is 4.79. The predicted molar refractivity (Wildman–Crippen MR) is 105 cm³/mol. The van der Waals surface area contributed by atoms with E-state index in [9.17, 15) is 8.78 Å². The summed E-state index contributed by atoms with van der Waals surface area (Å²) in [6.45, 7) is 1.48. The van der Waals surface area contributed by atoms with E-state index < -0.39 is 12.0 Å². The van der Waals surface area contributed by atoms with Gasteiger partial charge in [0.1, 0.15) is 41.6 Å². The number of ether oxygens (including phenoxy) is 1. The molecule has 1 aliphatic rings. The summed E-state index contributed by atoms with van der Waals surface area (Å²) in [6.07, 6.45) is 5.48. The lowest BCUT2D eigenvalue weighted by Crippen LogP contribution is -2.20. The Morgan fingerprint density at radius 2 is 2.13 bits per heavy atom. The van der Waals surface area contributed by atoms with Crippen LogP contribution in [-0.4, -0.2) is 50.8 Å². The van der Waals surface area contributed by atoms with Gasteiger partial charge in [0.15, 0.2) is 11.5 Å². The molecule has 3 heterocycles. The molecule has 0 radical (unpaired) electrons. The molecule has 0 saturated carbocycles. The average molecular weight is 411 g/mol. The molecule has 1 fully saturated rings. The van der Waals surface area contributed by atoms with Crippen molar-refractivity contribution in [3.05, 3.63) is 54.1 Å². The minimum atomic E-state index is -0.825. The Morgan fingerprint density at radius 1 is 1.27 bits per heavy atom. The van der Waals surface area contributed by atoms with Gasteiger partial charge in [-0.25, -0.2) is 23.7 Å². The van der Waals surface area contributed by atoms with Gasteiger partial charge in [-0.05, 0) is 24.1 Å². The lowest BCUT2D eigenvalue weighted by Gasteiger charge is -2.17. The van der Waals surface area contributed by atoms with Crippen molar-refractivity contribution >= 4 is 11.6 Å². The highest BCUT2D eigenvalue weighted by Gasteiger charge is 2.23. The molecule has 4 rings (SSSR count). The van der Waals surface area contributed by atoms with Crippen LogP contribution in [0.5, 0.6) is 5.75 Å². The van der Waals surface area contributed by atoms with Gasteiger partial charge in [-0.3, -0.25) is 9.47 Å². The van der Waals surface area contributed by atoms with Gasteiger partial charge < -0.3 is 10.1 Å². The van der Waals surface area contributed by atoms with Crippen LogP contribution in [0.4, 0.5) is 20.4 Å². The molecule has 0 amide bonds. The number of likely N-dealkylation sites (tertiary alicyclic amines) is 1. The summed E-state index contributed by atoms with van der Waals surface area (Å²) in [5.74, 6) is 0.704. The molecule has 1 saturated heterocycles. The highest BCUT2D eigenvalue weighted by Crippen LogP contribution is 2.30. The van der Waals surface area contributed by atoms with Crippen LogP contribution in [-0.2, 0) is 6.54 Å². The molecule has 1 N–H and O–H groups in total. The molecule has 2 aromatic heterocycles. The molecule has 1 aliphatic heterocycles. The third-order valence-corrected chi connectivity index (χ3v) is 4.79. The van der Waals surface area contributed by atoms with E-state index in [-0.39, 0.29) is 11.4 Å². The lowest BCUT2D eigenvalue weighted by molar-refractivity contribution is 0.282. The van der Waals surface area contributed by atoms with Crippen LogP contribution < -0.4 is 10.1 Å². The first kappa shape index (κ1) is 19.7. The third kappa shape index (κ3) is 4.21. The van der Waals surface area contributed by atoms with E-state index in [4.69, 9.17) is 10.00 Å². The van der Waals surface area contributed by atoms with E-state index in [2.05, 4.69) is 20.3 Å². The number of halogens is 2. The van der Waals surface area contributed by atoms with Gasteiger partial charge in [0.2, 0.25) is 0 Å². The number of methoxy groups -OCH3 is 1. The van der Waals surface area contributed by atoms with Gasteiger partial charge in [0, 0.05) is 19.6 Å². The van der Waals surface area contributed by atoms with Crippen molar-refractivity contribution in [1.82, 2.24) is 24.4 Å². The van der Waals surface area contributed by atoms with E-state index in [1.807, 2.05) is 11.0 Å². The topological polar surface area (TPSA) is 91.9 Å². The second-order valence-corrected chi connectivity index (χ2v) is 6.94. The van der Waals surface area contributed by atoms with Gasteiger partial charge in [-0.1, -0.05) is 0 Å². The zero-order chi connectivity index (χ0) is 21.1. The maximum absolute atomic E-state index is 15.0. The minimum absolute atomic E-state index is 0.203. The summed E-state index contributed by atoms with van der Waals surface area (Å²) < 4.78 is 35.3. The molecule has 1 aromatic carbocycles. The van der Waals surface area contributed by atoms with Crippen molar-refractivity contribution in [3.63, 3.8) is 0 Å². The number of nitrogens with one attached hydrogen (secondary N) is 1. The molecule has 1 atom stereocenters. The normalized spacial score (nSPS) is 16.4. The zero-order valence-corrected chi connectivity index (χ0v) is 16.2. The Morgan fingerprint density at radius 3 is 2.80 bits per heavy atom. The average Bonchev–Trinajstić information content (AvgIpc) is 3.36. The fourth-order valence-corrected chi connectivity index (χ4v) is 3.40. The quantitative estimate of drug-likeness (QED) is 0.667. The summed E-state index contributed by atoms with van der Waals surface area (Å²) in [7, 11) is 1.47. The highest BCUT2D eigenvalue weighted by molar-refractivity contribution is 5.54. The second-order valence-electron chi connectivity index (χ2n) is 6.94. The lowest BCUT2D eigenvalue weighted by atomic mass is 10.1. The summed E-state index contributed by atoms with van der Waals surface area (Å²) in [5, 5.41) is 11.7. The smallest absolute Gasteiger partial charge is 0.158 e. The molecule has 30 heavy (non-hydrogen) atoms. The number of hydrogen-bond acceptors (Lipinski definition) is 7. The standard InChI is InChI=1S/C20H19F2N7O/c1-30-17-5-13(9-28-3-2-14(21)10-28)4-16(22)20(17)29-11-19(26-12-29)27-18-8-24-15(6-23)7-25-18/h4-5,7-8,11-12,14H,2-3,9-10H2,1H3,(H,25,27). The largest absolute Gasteiger partial charge is 0.494 e. The number of alkyl halides is 1. The zero-order valence-electron chi connectivity index (χ0n) is 16.2. The Bertz CT molecular complexity index is 1080. The number of benzene rings is 1. The molecule has 154 valence electrons. The summed E-state index contributed by atoms with van der Waals surface area (Å²) in [6, 6.07) is 5.08. The monoisotopic (exact) mass is 411 g/mol. The van der Waals surface area contributed by atoms with Gasteiger partial charge in [0.05, 0.1) is 25.7 Å². The van der Waals surface area contributed by atoms with Gasteiger partial charge >= 0.3 is 0 Å². The number of anilines is 2. The Labute approximate surface area is 171 Å². The number of rotatable bonds is 6. The highest BCUT2D eigenvalue weighted by atomic mass is 19.1. The first-order chi connectivity index (χ1) is 14.6. The van der Waals surface area contributed by atoms with Crippen molar-refractivity contribution in [1.29, 1.82) is 5.26 Å². The summed E-state index contributed by atoms with van der Waals surface area (Å²) in [4.78, 5) is 14.2. The summed E-state index contributed by atoms with van der Waals surface area (Å²) >= 11 is 0. The van der Waals surface area contributed by atoms with Crippen molar-refractivity contribution in [2.75, 3.05) is 25.5 Å². The molecular weight excluding hydrogens is 392 g/mol. The van der Waals surface area contributed by atoms with Crippen LogP contribution in [0.1, 0.15) is 17.7 Å². The van der Waals surface area contributed by atoms with E-state index in [1.165, 1.54) is 36.5 Å². The number of aromatic nitrogens is 4. The number of nitriles is 1. The molecular formula is C20H19F2N7O. The van der Waals surface area contributed by atoms with E-state index in [0.717, 1.165) is 0 Å². The van der Waals surface area contributed by atoms with Crippen LogP contribution in [0.25, 0.3) is 5.69 Å². The number of nitrogens with zero attached hydrogens (tertiary/aromatic N) is 6. The minimum Gasteiger partial charge on any atom is -0.494 e. The molecule has 0 spiro atoms. The predicted octanol–water partition coefficient (Wildman–Crippen LogP) is 2.97. The van der Waals surface area contributed by atoms with Crippen LogP contribution in [0.2, 0.25) is 0 Å². The van der Waals surface area contributed by atoms with E-state index >= 15 is 0 Å². The van der Waals surface area contributed by atoms with E-state index in [1.54, 1.807) is 12.3 Å². The second kappa shape index (κ2) is 8.42. The molecule has 0 aliphatic carbocycles. The van der Waals surface area contributed by atoms with Crippen molar-refractivity contribution in [2.45, 2.75) is 19.1 Å². The first-order valence-electron chi connectivity index (χ1n) is 9.32. The van der Waals surface area contributed by atoms with Crippen molar-refractivity contribution in [2.24, 2.45) is 0 Å². The first-order valence-corrected chi connectivity index (χ1v) is 9.32. The molecule has 3 aromatic rings. The molecule has 1 unspecified atom stereocenters. The van der Waals surface area contributed by atoms with Crippen LogP contribution in [0.3, 0.4) is 0 Å². The number of imidazole rings is 1. The van der Waals surface area contributed by atoms with Crippen LogP contribution >= 0.6 is 0 Å². The fourth-order valence-electron chi connectivity index (χ4n) is 3.40. The van der Waals surface area contributed by atoms with Gasteiger partial charge in [-0.2, -0.15) is 5.26 Å². The maximum Gasteiger partial charge on any atom is 0.158 e. The molecule has 8 nitrogen and oxygen atoms in total.